The van der Waals surface area contributed by atoms with Gasteiger partial charge in [0, 0.05) is 6.54 Å². The van der Waals surface area contributed by atoms with E-state index in [1.165, 1.54) is 11.1 Å². The average Bonchev–Trinajstić information content (AvgIpc) is 2.83. The Kier molecular flexibility index (Phi) is 4.55. The van der Waals surface area contributed by atoms with E-state index in [1.54, 1.807) is 0 Å². The Hall–Kier alpha value is -1.68. The highest BCUT2D eigenvalue weighted by Gasteiger charge is 2.12. The van der Waals surface area contributed by atoms with Crippen LogP contribution in [-0.4, -0.2) is 21.5 Å². The van der Waals surface area contributed by atoms with Gasteiger partial charge in [-0.05, 0) is 23.1 Å². The Labute approximate surface area is 121 Å². The van der Waals surface area contributed by atoms with Crippen LogP contribution in [0.25, 0.3) is 0 Å². The van der Waals surface area contributed by atoms with Crippen molar-refractivity contribution in [3.05, 3.63) is 47.3 Å². The molecule has 2 aromatic rings. The van der Waals surface area contributed by atoms with Crippen LogP contribution in [-0.2, 0) is 18.5 Å². The van der Waals surface area contributed by atoms with Gasteiger partial charge in [-0.15, -0.1) is 5.10 Å². The maximum Gasteiger partial charge on any atom is 0.0964 e. The first-order chi connectivity index (χ1) is 9.49. The molecular formula is C16H24N4. The molecule has 4 nitrogen and oxygen atoms in total. The third kappa shape index (κ3) is 3.90. The molecule has 0 aliphatic heterocycles. The standard InChI is InChI=1S/C16H24N4/c1-5-17-10-15-12-20(19-18-15)11-13-6-8-14(9-7-13)16(2,3)4/h6-9,12,17H,5,10-11H2,1-4H3. The molecule has 0 aliphatic carbocycles. The highest BCUT2D eigenvalue weighted by atomic mass is 15.4. The summed E-state index contributed by atoms with van der Waals surface area (Å²) in [5.41, 5.74) is 3.79. The lowest BCUT2D eigenvalue weighted by molar-refractivity contribution is 0.589. The molecule has 0 spiro atoms. The van der Waals surface area contributed by atoms with Crippen LogP contribution in [0.15, 0.2) is 30.5 Å². The van der Waals surface area contributed by atoms with Crippen LogP contribution < -0.4 is 5.32 Å². The average molecular weight is 272 g/mol. The summed E-state index contributed by atoms with van der Waals surface area (Å²) in [6, 6.07) is 8.75. The Morgan fingerprint density at radius 2 is 1.85 bits per heavy atom. The summed E-state index contributed by atoms with van der Waals surface area (Å²) < 4.78 is 1.89. The van der Waals surface area contributed by atoms with Crippen LogP contribution in [0.1, 0.15) is 44.5 Å². The molecule has 0 radical (unpaired) electrons. The van der Waals surface area contributed by atoms with Gasteiger partial charge in [0.25, 0.3) is 0 Å². The predicted molar refractivity (Wildman–Crippen MR) is 81.6 cm³/mol. The number of aromatic nitrogens is 3. The second-order valence-electron chi connectivity index (χ2n) is 6.13. The van der Waals surface area contributed by atoms with Crippen molar-refractivity contribution in [1.29, 1.82) is 0 Å². The van der Waals surface area contributed by atoms with E-state index >= 15 is 0 Å². The molecular weight excluding hydrogens is 248 g/mol. The Balaban J connectivity index is 2.01. The minimum Gasteiger partial charge on any atom is -0.311 e. The summed E-state index contributed by atoms with van der Waals surface area (Å²) in [6.07, 6.45) is 2.00. The maximum atomic E-state index is 4.16. The third-order valence-electron chi connectivity index (χ3n) is 3.31. The van der Waals surface area contributed by atoms with E-state index in [9.17, 15) is 0 Å². The van der Waals surface area contributed by atoms with Gasteiger partial charge in [0.2, 0.25) is 0 Å². The van der Waals surface area contributed by atoms with E-state index in [-0.39, 0.29) is 5.41 Å². The normalized spacial score (nSPS) is 11.8. The monoisotopic (exact) mass is 272 g/mol. The summed E-state index contributed by atoms with van der Waals surface area (Å²) in [6.45, 7) is 11.3. The molecule has 20 heavy (non-hydrogen) atoms. The van der Waals surface area contributed by atoms with Gasteiger partial charge in [-0.25, -0.2) is 4.68 Å². The zero-order valence-electron chi connectivity index (χ0n) is 12.8. The lowest BCUT2D eigenvalue weighted by atomic mass is 9.87. The van der Waals surface area contributed by atoms with E-state index in [4.69, 9.17) is 0 Å². The molecule has 1 aromatic carbocycles. The molecule has 1 aromatic heterocycles. The topological polar surface area (TPSA) is 42.7 Å². The molecule has 0 unspecified atom stereocenters. The van der Waals surface area contributed by atoms with Gasteiger partial charge in [0.1, 0.15) is 0 Å². The summed E-state index contributed by atoms with van der Waals surface area (Å²) >= 11 is 0. The van der Waals surface area contributed by atoms with E-state index in [0.29, 0.717) is 0 Å². The van der Waals surface area contributed by atoms with Gasteiger partial charge >= 0.3 is 0 Å². The Morgan fingerprint density at radius 1 is 1.15 bits per heavy atom. The number of benzene rings is 1. The van der Waals surface area contributed by atoms with Crippen LogP contribution in [0.5, 0.6) is 0 Å². The fourth-order valence-corrected chi connectivity index (χ4v) is 2.05. The molecule has 0 atom stereocenters. The van der Waals surface area contributed by atoms with Crippen molar-refractivity contribution in [1.82, 2.24) is 20.3 Å². The van der Waals surface area contributed by atoms with Crippen molar-refractivity contribution >= 4 is 0 Å². The second kappa shape index (κ2) is 6.18. The van der Waals surface area contributed by atoms with Gasteiger partial charge in [-0.2, -0.15) is 0 Å². The van der Waals surface area contributed by atoms with E-state index in [2.05, 4.69) is 67.6 Å². The Bertz CT molecular complexity index is 534. The number of rotatable bonds is 5. The van der Waals surface area contributed by atoms with E-state index in [1.807, 2.05) is 10.9 Å². The zero-order valence-corrected chi connectivity index (χ0v) is 12.8. The zero-order chi connectivity index (χ0) is 14.6. The molecule has 4 heteroatoms. The molecule has 0 saturated carbocycles. The quantitative estimate of drug-likeness (QED) is 0.910. The highest BCUT2D eigenvalue weighted by molar-refractivity contribution is 5.27. The summed E-state index contributed by atoms with van der Waals surface area (Å²) in [5, 5.41) is 11.6. The van der Waals surface area contributed by atoms with Crippen molar-refractivity contribution in [3.63, 3.8) is 0 Å². The lowest BCUT2D eigenvalue weighted by Gasteiger charge is -2.19. The Morgan fingerprint density at radius 3 is 2.45 bits per heavy atom. The van der Waals surface area contributed by atoms with Crippen LogP contribution >= 0.6 is 0 Å². The number of hydrogen-bond acceptors (Lipinski definition) is 3. The van der Waals surface area contributed by atoms with Gasteiger partial charge < -0.3 is 5.32 Å². The van der Waals surface area contributed by atoms with Crippen LogP contribution in [0.2, 0.25) is 0 Å². The summed E-state index contributed by atoms with van der Waals surface area (Å²) in [7, 11) is 0. The molecule has 0 saturated heterocycles. The predicted octanol–water partition coefficient (Wildman–Crippen LogP) is 2.73. The van der Waals surface area contributed by atoms with Crippen molar-refractivity contribution in [3.8, 4) is 0 Å². The molecule has 0 amide bonds. The smallest absolute Gasteiger partial charge is 0.0964 e. The third-order valence-corrected chi connectivity index (χ3v) is 3.31. The lowest BCUT2D eigenvalue weighted by Crippen LogP contribution is -2.11. The first-order valence-electron chi connectivity index (χ1n) is 7.18. The van der Waals surface area contributed by atoms with Gasteiger partial charge in [-0.3, -0.25) is 0 Å². The van der Waals surface area contributed by atoms with Gasteiger partial charge in [0.15, 0.2) is 0 Å². The second-order valence-corrected chi connectivity index (χ2v) is 6.13. The molecule has 0 bridgehead atoms. The minimum absolute atomic E-state index is 0.199. The van der Waals surface area contributed by atoms with Crippen molar-refractivity contribution in [2.45, 2.75) is 46.2 Å². The van der Waals surface area contributed by atoms with E-state index < -0.39 is 0 Å². The van der Waals surface area contributed by atoms with Crippen LogP contribution in [0, 0.1) is 0 Å². The molecule has 0 aliphatic rings. The molecule has 1 N–H and O–H groups in total. The molecule has 0 fully saturated rings. The molecule has 108 valence electrons. The number of hydrogen-bond donors (Lipinski definition) is 1. The van der Waals surface area contributed by atoms with Gasteiger partial charge in [0.05, 0.1) is 18.4 Å². The minimum atomic E-state index is 0.199. The summed E-state index contributed by atoms with van der Waals surface area (Å²) in [5.74, 6) is 0. The van der Waals surface area contributed by atoms with Crippen molar-refractivity contribution in [2.75, 3.05) is 6.54 Å². The first kappa shape index (κ1) is 14.7. The fourth-order valence-electron chi connectivity index (χ4n) is 2.05. The summed E-state index contributed by atoms with van der Waals surface area (Å²) in [4.78, 5) is 0. The molecule has 2 rings (SSSR count). The van der Waals surface area contributed by atoms with Crippen LogP contribution in [0.3, 0.4) is 0 Å². The van der Waals surface area contributed by atoms with Crippen molar-refractivity contribution < 1.29 is 0 Å². The number of nitrogens with zero attached hydrogens (tertiary/aromatic N) is 3. The number of nitrogens with one attached hydrogen (secondary N) is 1. The largest absolute Gasteiger partial charge is 0.311 e. The molecule has 1 heterocycles. The van der Waals surface area contributed by atoms with Crippen LogP contribution in [0.4, 0.5) is 0 Å². The van der Waals surface area contributed by atoms with Crippen molar-refractivity contribution in [2.24, 2.45) is 0 Å². The fraction of sp³-hybridized carbons (Fsp3) is 0.500. The van der Waals surface area contributed by atoms with E-state index in [0.717, 1.165) is 25.3 Å². The first-order valence-corrected chi connectivity index (χ1v) is 7.18. The highest BCUT2D eigenvalue weighted by Crippen LogP contribution is 2.22. The van der Waals surface area contributed by atoms with Gasteiger partial charge in [-0.1, -0.05) is 57.2 Å². The maximum absolute atomic E-state index is 4.16. The SMILES string of the molecule is CCNCc1cn(Cc2ccc(C(C)(C)C)cc2)nn1.